The van der Waals surface area contributed by atoms with Crippen LogP contribution in [-0.4, -0.2) is 27.9 Å². The van der Waals surface area contributed by atoms with Gasteiger partial charge in [-0.05, 0) is 19.1 Å². The Kier molecular flexibility index (Phi) is 3.71. The molecule has 1 aliphatic heterocycles. The largest absolute Gasteiger partial charge is 0.454 e. The Balaban J connectivity index is 2.19. The summed E-state index contributed by atoms with van der Waals surface area (Å²) >= 11 is 0. The molecule has 3 N–H and O–H groups in total. The molecule has 0 radical (unpaired) electrons. The highest BCUT2D eigenvalue weighted by molar-refractivity contribution is 7.89. The maximum Gasteiger partial charge on any atom is 0.241 e. The average molecular weight is 274 g/mol. The summed E-state index contributed by atoms with van der Waals surface area (Å²) in [6, 6.07) is 4.00. The van der Waals surface area contributed by atoms with Gasteiger partial charge in [-0.1, -0.05) is 0 Å². The summed E-state index contributed by atoms with van der Waals surface area (Å²) in [4.78, 5) is 4.49. The Morgan fingerprint density at radius 2 is 2.17 bits per heavy atom. The maximum atomic E-state index is 12.0. The SMILES string of the molecule is CC(CON)NS(=O)(=O)c1ccc2c(c1)OCO2. The molecule has 0 fully saturated rings. The lowest BCUT2D eigenvalue weighted by Crippen LogP contribution is -2.36. The number of hydrogen-bond acceptors (Lipinski definition) is 6. The number of hydrogen-bond donors (Lipinski definition) is 2. The first-order valence-corrected chi connectivity index (χ1v) is 6.75. The van der Waals surface area contributed by atoms with Crippen molar-refractivity contribution in [2.75, 3.05) is 13.4 Å². The Bertz CT molecular complexity index is 531. The molecular formula is C10H14N2O5S. The monoisotopic (exact) mass is 274 g/mol. The Morgan fingerprint density at radius 1 is 1.44 bits per heavy atom. The van der Waals surface area contributed by atoms with E-state index in [0.717, 1.165) is 0 Å². The first-order chi connectivity index (χ1) is 8.53. The number of rotatable bonds is 5. The molecule has 0 saturated heterocycles. The Morgan fingerprint density at radius 3 is 2.89 bits per heavy atom. The van der Waals surface area contributed by atoms with E-state index in [1.807, 2.05) is 0 Å². The van der Waals surface area contributed by atoms with Gasteiger partial charge in [0.05, 0.1) is 11.5 Å². The summed E-state index contributed by atoms with van der Waals surface area (Å²) in [7, 11) is -3.62. The summed E-state index contributed by atoms with van der Waals surface area (Å²) in [5.74, 6) is 5.84. The summed E-state index contributed by atoms with van der Waals surface area (Å²) in [5.41, 5.74) is 0. The second kappa shape index (κ2) is 5.11. The highest BCUT2D eigenvalue weighted by Crippen LogP contribution is 2.33. The zero-order valence-corrected chi connectivity index (χ0v) is 10.6. The van der Waals surface area contributed by atoms with Gasteiger partial charge in [0, 0.05) is 12.1 Å². The van der Waals surface area contributed by atoms with Crippen molar-refractivity contribution in [3.8, 4) is 11.5 Å². The number of sulfonamides is 1. The van der Waals surface area contributed by atoms with Crippen molar-refractivity contribution in [3.05, 3.63) is 18.2 Å². The van der Waals surface area contributed by atoms with E-state index < -0.39 is 16.1 Å². The van der Waals surface area contributed by atoms with Gasteiger partial charge >= 0.3 is 0 Å². The molecule has 7 nitrogen and oxygen atoms in total. The van der Waals surface area contributed by atoms with Crippen LogP contribution in [-0.2, 0) is 14.9 Å². The molecule has 1 aromatic rings. The molecule has 1 aromatic carbocycles. The average Bonchev–Trinajstić information content (AvgIpc) is 2.75. The summed E-state index contributed by atoms with van der Waals surface area (Å²) < 4.78 is 36.7. The van der Waals surface area contributed by atoms with Crippen LogP contribution in [0.5, 0.6) is 11.5 Å². The van der Waals surface area contributed by atoms with Crippen LogP contribution < -0.4 is 20.1 Å². The predicted molar refractivity (Wildman–Crippen MR) is 62.5 cm³/mol. The first kappa shape index (κ1) is 13.1. The normalized spacial score (nSPS) is 15.7. The van der Waals surface area contributed by atoms with E-state index in [1.165, 1.54) is 12.1 Å². The Hall–Kier alpha value is -1.35. The van der Waals surface area contributed by atoms with Crippen LogP contribution in [0, 0.1) is 0 Å². The molecule has 8 heteroatoms. The van der Waals surface area contributed by atoms with Crippen molar-refractivity contribution in [2.24, 2.45) is 5.90 Å². The third kappa shape index (κ3) is 2.72. The minimum Gasteiger partial charge on any atom is -0.454 e. The van der Waals surface area contributed by atoms with Crippen LogP contribution in [0.4, 0.5) is 0 Å². The highest BCUT2D eigenvalue weighted by Gasteiger charge is 2.21. The van der Waals surface area contributed by atoms with Crippen LogP contribution in [0.3, 0.4) is 0 Å². The van der Waals surface area contributed by atoms with E-state index in [1.54, 1.807) is 13.0 Å². The van der Waals surface area contributed by atoms with Gasteiger partial charge < -0.3 is 14.3 Å². The van der Waals surface area contributed by atoms with Gasteiger partial charge in [0.2, 0.25) is 16.8 Å². The number of nitrogens with one attached hydrogen (secondary N) is 1. The van der Waals surface area contributed by atoms with Gasteiger partial charge in [0.15, 0.2) is 11.5 Å². The fraction of sp³-hybridized carbons (Fsp3) is 0.400. The Labute approximate surface area is 105 Å². The van der Waals surface area contributed by atoms with Gasteiger partial charge in [-0.2, -0.15) is 0 Å². The molecule has 100 valence electrons. The molecule has 0 spiro atoms. The second-order valence-corrected chi connectivity index (χ2v) is 5.58. The van der Waals surface area contributed by atoms with E-state index in [2.05, 4.69) is 9.56 Å². The van der Waals surface area contributed by atoms with E-state index in [0.29, 0.717) is 11.5 Å². The van der Waals surface area contributed by atoms with Gasteiger partial charge in [-0.25, -0.2) is 19.0 Å². The van der Waals surface area contributed by atoms with E-state index in [4.69, 9.17) is 15.4 Å². The molecule has 1 unspecified atom stereocenters. The molecule has 1 aliphatic rings. The molecule has 0 bridgehead atoms. The lowest BCUT2D eigenvalue weighted by Gasteiger charge is -2.13. The van der Waals surface area contributed by atoms with Crippen molar-refractivity contribution >= 4 is 10.0 Å². The molecule has 0 amide bonds. The molecule has 0 saturated carbocycles. The summed E-state index contributed by atoms with van der Waals surface area (Å²) in [6.45, 7) is 1.84. The molecule has 18 heavy (non-hydrogen) atoms. The lowest BCUT2D eigenvalue weighted by atomic mass is 10.3. The third-order valence-corrected chi connectivity index (χ3v) is 3.94. The topological polar surface area (TPSA) is 99.9 Å². The number of fused-ring (bicyclic) bond motifs is 1. The van der Waals surface area contributed by atoms with Crippen LogP contribution >= 0.6 is 0 Å². The zero-order valence-electron chi connectivity index (χ0n) is 9.75. The molecule has 1 atom stereocenters. The number of benzene rings is 1. The van der Waals surface area contributed by atoms with E-state index in [-0.39, 0.29) is 18.3 Å². The number of nitrogens with two attached hydrogens (primary N) is 1. The molecule has 1 heterocycles. The van der Waals surface area contributed by atoms with Gasteiger partial charge in [-0.15, -0.1) is 0 Å². The fourth-order valence-electron chi connectivity index (χ4n) is 1.56. The summed E-state index contributed by atoms with van der Waals surface area (Å²) in [6.07, 6.45) is 0. The van der Waals surface area contributed by atoms with E-state index in [9.17, 15) is 8.42 Å². The smallest absolute Gasteiger partial charge is 0.241 e. The van der Waals surface area contributed by atoms with Gasteiger partial charge in [-0.3, -0.25) is 0 Å². The van der Waals surface area contributed by atoms with Crippen molar-refractivity contribution in [3.63, 3.8) is 0 Å². The molecule has 0 aliphatic carbocycles. The van der Waals surface area contributed by atoms with Crippen molar-refractivity contribution < 1.29 is 22.7 Å². The number of ether oxygens (including phenoxy) is 2. The second-order valence-electron chi connectivity index (χ2n) is 3.87. The molecular weight excluding hydrogens is 260 g/mol. The van der Waals surface area contributed by atoms with Crippen molar-refractivity contribution in [2.45, 2.75) is 17.9 Å². The maximum absolute atomic E-state index is 12.0. The minimum atomic E-state index is -3.62. The van der Waals surface area contributed by atoms with Crippen LogP contribution in [0.1, 0.15) is 6.92 Å². The zero-order chi connectivity index (χ0) is 13.2. The van der Waals surface area contributed by atoms with Crippen molar-refractivity contribution in [1.29, 1.82) is 0 Å². The highest BCUT2D eigenvalue weighted by atomic mass is 32.2. The van der Waals surface area contributed by atoms with Gasteiger partial charge in [0.1, 0.15) is 0 Å². The van der Waals surface area contributed by atoms with Crippen LogP contribution in [0.15, 0.2) is 23.1 Å². The first-order valence-electron chi connectivity index (χ1n) is 5.26. The third-order valence-electron chi connectivity index (χ3n) is 2.36. The van der Waals surface area contributed by atoms with Gasteiger partial charge in [0.25, 0.3) is 0 Å². The predicted octanol–water partition coefficient (Wildman–Crippen LogP) is -0.0276. The molecule has 0 aromatic heterocycles. The van der Waals surface area contributed by atoms with E-state index >= 15 is 0 Å². The fourth-order valence-corrected chi connectivity index (χ4v) is 2.80. The minimum absolute atomic E-state index is 0.0871. The summed E-state index contributed by atoms with van der Waals surface area (Å²) in [5, 5.41) is 0. The lowest BCUT2D eigenvalue weighted by molar-refractivity contribution is 0.124. The van der Waals surface area contributed by atoms with Crippen LogP contribution in [0.25, 0.3) is 0 Å². The molecule has 2 rings (SSSR count). The standard InChI is InChI=1S/C10H14N2O5S/c1-7(5-17-11)12-18(13,14)8-2-3-9-10(4-8)16-6-15-9/h2-4,7,12H,5-6,11H2,1H3. The van der Waals surface area contributed by atoms with Crippen LogP contribution in [0.2, 0.25) is 0 Å². The quantitative estimate of drug-likeness (QED) is 0.731. The van der Waals surface area contributed by atoms with Crippen molar-refractivity contribution in [1.82, 2.24) is 4.72 Å².